The summed E-state index contributed by atoms with van der Waals surface area (Å²) >= 11 is 0. The predicted molar refractivity (Wildman–Crippen MR) is 79.2 cm³/mol. The molecule has 0 aliphatic carbocycles. The Morgan fingerprint density at radius 1 is 1.16 bits per heavy atom. The van der Waals surface area contributed by atoms with Crippen LogP contribution in [0.2, 0.25) is 0 Å². The molecule has 0 radical (unpaired) electrons. The lowest BCUT2D eigenvalue weighted by Crippen LogP contribution is -2.26. The molecule has 1 heterocycles. The van der Waals surface area contributed by atoms with Gasteiger partial charge in [-0.05, 0) is 38.8 Å². The van der Waals surface area contributed by atoms with Crippen LogP contribution in [0, 0.1) is 13.8 Å². The van der Waals surface area contributed by atoms with Gasteiger partial charge in [-0.25, -0.2) is 0 Å². The first-order valence-electron chi connectivity index (χ1n) is 6.93. The molecule has 2 rings (SSSR count). The average molecular weight is 257 g/mol. The quantitative estimate of drug-likeness (QED) is 0.895. The summed E-state index contributed by atoms with van der Waals surface area (Å²) in [5, 5.41) is 4.46. The van der Waals surface area contributed by atoms with Crippen molar-refractivity contribution in [3.8, 4) is 0 Å². The molecule has 102 valence electrons. The molecule has 3 nitrogen and oxygen atoms in total. The molecule has 2 N–H and O–H groups in total. The Balaban J connectivity index is 2.00. The highest BCUT2D eigenvalue weighted by Crippen LogP contribution is 2.10. The number of rotatable bonds is 5. The monoisotopic (exact) mass is 257 g/mol. The van der Waals surface area contributed by atoms with Crippen molar-refractivity contribution in [2.24, 2.45) is 5.73 Å². The Morgan fingerprint density at radius 2 is 1.84 bits per heavy atom. The van der Waals surface area contributed by atoms with Gasteiger partial charge in [-0.2, -0.15) is 5.10 Å². The Morgan fingerprint density at radius 3 is 2.47 bits per heavy atom. The molecule has 1 aromatic carbocycles. The lowest BCUT2D eigenvalue weighted by atomic mass is 10.0. The lowest BCUT2D eigenvalue weighted by molar-refractivity contribution is 0.574. The van der Waals surface area contributed by atoms with E-state index in [1.807, 2.05) is 11.6 Å². The summed E-state index contributed by atoms with van der Waals surface area (Å²) in [4.78, 5) is 0. The fourth-order valence-corrected chi connectivity index (χ4v) is 2.40. The van der Waals surface area contributed by atoms with Crippen LogP contribution in [0.15, 0.2) is 30.3 Å². The van der Waals surface area contributed by atoms with Crippen molar-refractivity contribution in [1.29, 1.82) is 0 Å². The van der Waals surface area contributed by atoms with E-state index in [0.717, 1.165) is 25.1 Å². The SMILES string of the molecule is CCn1nc(C)cc1CC(N)Cc1ccc(C)cc1. The molecule has 0 saturated heterocycles. The van der Waals surface area contributed by atoms with Crippen molar-refractivity contribution >= 4 is 0 Å². The van der Waals surface area contributed by atoms with Crippen molar-refractivity contribution < 1.29 is 0 Å². The van der Waals surface area contributed by atoms with Gasteiger partial charge in [0, 0.05) is 24.7 Å². The Kier molecular flexibility index (Phi) is 4.38. The van der Waals surface area contributed by atoms with Crippen molar-refractivity contribution in [2.45, 2.75) is 46.2 Å². The smallest absolute Gasteiger partial charge is 0.0596 e. The van der Waals surface area contributed by atoms with Crippen LogP contribution in [-0.2, 0) is 19.4 Å². The average Bonchev–Trinajstić information content (AvgIpc) is 2.72. The minimum absolute atomic E-state index is 0.143. The highest BCUT2D eigenvalue weighted by atomic mass is 15.3. The number of benzene rings is 1. The van der Waals surface area contributed by atoms with E-state index < -0.39 is 0 Å². The largest absolute Gasteiger partial charge is 0.327 e. The molecular weight excluding hydrogens is 234 g/mol. The van der Waals surface area contributed by atoms with Crippen molar-refractivity contribution in [1.82, 2.24) is 9.78 Å². The second kappa shape index (κ2) is 6.02. The Hall–Kier alpha value is -1.61. The van der Waals surface area contributed by atoms with Gasteiger partial charge >= 0.3 is 0 Å². The van der Waals surface area contributed by atoms with Crippen LogP contribution >= 0.6 is 0 Å². The third-order valence-electron chi connectivity index (χ3n) is 3.37. The maximum atomic E-state index is 6.27. The Bertz CT molecular complexity index is 525. The Labute approximate surface area is 115 Å². The summed E-state index contributed by atoms with van der Waals surface area (Å²) < 4.78 is 2.05. The fraction of sp³-hybridized carbons (Fsp3) is 0.438. The van der Waals surface area contributed by atoms with Gasteiger partial charge in [0.25, 0.3) is 0 Å². The summed E-state index contributed by atoms with van der Waals surface area (Å²) in [5.74, 6) is 0. The van der Waals surface area contributed by atoms with E-state index in [0.29, 0.717) is 0 Å². The van der Waals surface area contributed by atoms with Crippen LogP contribution in [0.5, 0.6) is 0 Å². The molecule has 0 fully saturated rings. The van der Waals surface area contributed by atoms with E-state index in [9.17, 15) is 0 Å². The summed E-state index contributed by atoms with van der Waals surface area (Å²) in [5.41, 5.74) is 11.2. The molecule has 1 aromatic heterocycles. The minimum atomic E-state index is 0.143. The molecule has 2 aromatic rings. The molecule has 0 spiro atoms. The maximum absolute atomic E-state index is 6.27. The molecule has 0 saturated carbocycles. The number of hydrogen-bond donors (Lipinski definition) is 1. The topological polar surface area (TPSA) is 43.8 Å². The van der Waals surface area contributed by atoms with E-state index in [1.165, 1.54) is 16.8 Å². The van der Waals surface area contributed by atoms with Crippen molar-refractivity contribution in [3.05, 3.63) is 52.8 Å². The number of nitrogens with zero attached hydrogens (tertiary/aromatic N) is 2. The molecule has 0 aliphatic heterocycles. The van der Waals surface area contributed by atoms with Gasteiger partial charge in [-0.3, -0.25) is 4.68 Å². The maximum Gasteiger partial charge on any atom is 0.0596 e. The zero-order chi connectivity index (χ0) is 13.8. The fourth-order valence-electron chi connectivity index (χ4n) is 2.40. The summed E-state index contributed by atoms with van der Waals surface area (Å²) in [6.45, 7) is 7.15. The highest BCUT2D eigenvalue weighted by Gasteiger charge is 2.10. The highest BCUT2D eigenvalue weighted by molar-refractivity contribution is 5.22. The molecule has 0 bridgehead atoms. The third-order valence-corrected chi connectivity index (χ3v) is 3.37. The zero-order valence-electron chi connectivity index (χ0n) is 12.1. The van der Waals surface area contributed by atoms with Gasteiger partial charge in [0.2, 0.25) is 0 Å². The second-order valence-electron chi connectivity index (χ2n) is 5.25. The van der Waals surface area contributed by atoms with Crippen LogP contribution in [-0.4, -0.2) is 15.8 Å². The molecule has 1 unspecified atom stereocenters. The third kappa shape index (κ3) is 3.67. The molecular formula is C16H23N3. The second-order valence-corrected chi connectivity index (χ2v) is 5.25. The zero-order valence-corrected chi connectivity index (χ0v) is 12.1. The predicted octanol–water partition coefficient (Wildman–Crippen LogP) is 2.63. The molecule has 1 atom stereocenters. The first kappa shape index (κ1) is 13.8. The van der Waals surface area contributed by atoms with Crippen molar-refractivity contribution in [2.75, 3.05) is 0 Å². The van der Waals surface area contributed by atoms with Crippen molar-refractivity contribution in [3.63, 3.8) is 0 Å². The number of nitrogens with two attached hydrogens (primary N) is 1. The minimum Gasteiger partial charge on any atom is -0.327 e. The summed E-state index contributed by atoms with van der Waals surface area (Å²) in [6.07, 6.45) is 1.79. The van der Waals surface area contributed by atoms with Gasteiger partial charge in [0.1, 0.15) is 0 Å². The van der Waals surface area contributed by atoms with Gasteiger partial charge < -0.3 is 5.73 Å². The van der Waals surface area contributed by atoms with E-state index in [2.05, 4.69) is 49.3 Å². The van der Waals surface area contributed by atoms with Gasteiger partial charge in [0.15, 0.2) is 0 Å². The summed E-state index contributed by atoms with van der Waals surface area (Å²) in [6, 6.07) is 10.9. The number of aryl methyl sites for hydroxylation is 3. The first-order chi connectivity index (χ1) is 9.08. The standard InChI is InChI=1S/C16H23N3/c1-4-19-16(9-13(3)18-19)11-15(17)10-14-7-5-12(2)6-8-14/h5-9,15H,4,10-11,17H2,1-3H3. The van der Waals surface area contributed by atoms with E-state index in [4.69, 9.17) is 5.73 Å². The van der Waals surface area contributed by atoms with E-state index in [1.54, 1.807) is 0 Å². The van der Waals surface area contributed by atoms with Crippen LogP contribution in [0.1, 0.15) is 29.4 Å². The van der Waals surface area contributed by atoms with Gasteiger partial charge in [-0.15, -0.1) is 0 Å². The van der Waals surface area contributed by atoms with Gasteiger partial charge in [-0.1, -0.05) is 29.8 Å². The summed E-state index contributed by atoms with van der Waals surface area (Å²) in [7, 11) is 0. The van der Waals surface area contributed by atoms with E-state index >= 15 is 0 Å². The number of aromatic nitrogens is 2. The van der Waals surface area contributed by atoms with Crippen LogP contribution in [0.3, 0.4) is 0 Å². The molecule has 3 heteroatoms. The van der Waals surface area contributed by atoms with Gasteiger partial charge in [0.05, 0.1) is 5.69 Å². The molecule has 0 amide bonds. The van der Waals surface area contributed by atoms with Crippen LogP contribution < -0.4 is 5.73 Å². The molecule has 0 aliphatic rings. The van der Waals surface area contributed by atoms with E-state index in [-0.39, 0.29) is 6.04 Å². The number of hydrogen-bond acceptors (Lipinski definition) is 2. The normalized spacial score (nSPS) is 12.6. The van der Waals surface area contributed by atoms with Crippen LogP contribution in [0.25, 0.3) is 0 Å². The first-order valence-corrected chi connectivity index (χ1v) is 6.93. The molecule has 19 heavy (non-hydrogen) atoms. The lowest BCUT2D eigenvalue weighted by Gasteiger charge is -2.12. The van der Waals surface area contributed by atoms with Crippen LogP contribution in [0.4, 0.5) is 0 Å².